The molecule has 3 nitrogen and oxygen atoms in total. The van der Waals surface area contributed by atoms with Gasteiger partial charge in [-0.3, -0.25) is 0 Å². The van der Waals surface area contributed by atoms with Gasteiger partial charge in [0.05, 0.1) is 12.0 Å². The van der Waals surface area contributed by atoms with E-state index in [4.69, 9.17) is 0 Å². The van der Waals surface area contributed by atoms with Crippen LogP contribution in [0, 0.1) is 12.8 Å². The SMILES string of the molecule is Cc1ncn2c1C(C1CCNC1)CCC2. The monoisotopic (exact) mass is 205 g/mol. The molecule has 0 aromatic carbocycles. The topological polar surface area (TPSA) is 29.9 Å². The lowest BCUT2D eigenvalue weighted by molar-refractivity contribution is 0.356. The van der Waals surface area contributed by atoms with Gasteiger partial charge in [-0.25, -0.2) is 4.98 Å². The Bertz CT molecular complexity index is 350. The third-order valence-corrected chi connectivity index (χ3v) is 4.00. The highest BCUT2D eigenvalue weighted by molar-refractivity contribution is 5.20. The third kappa shape index (κ3) is 1.49. The fourth-order valence-corrected chi connectivity index (χ4v) is 3.25. The van der Waals surface area contributed by atoms with E-state index in [1.807, 2.05) is 6.33 Å². The zero-order valence-corrected chi connectivity index (χ0v) is 9.37. The van der Waals surface area contributed by atoms with Gasteiger partial charge in [-0.1, -0.05) is 0 Å². The van der Waals surface area contributed by atoms with Gasteiger partial charge >= 0.3 is 0 Å². The number of nitrogens with one attached hydrogen (secondary N) is 1. The van der Waals surface area contributed by atoms with Gasteiger partial charge in [0.2, 0.25) is 0 Å². The van der Waals surface area contributed by atoms with Crippen molar-refractivity contribution in [2.24, 2.45) is 5.92 Å². The van der Waals surface area contributed by atoms with Gasteiger partial charge in [0, 0.05) is 18.2 Å². The molecule has 1 fully saturated rings. The molecule has 0 amide bonds. The Labute approximate surface area is 90.9 Å². The third-order valence-electron chi connectivity index (χ3n) is 4.00. The quantitative estimate of drug-likeness (QED) is 0.756. The first-order valence-electron chi connectivity index (χ1n) is 6.08. The summed E-state index contributed by atoms with van der Waals surface area (Å²) >= 11 is 0. The molecule has 1 saturated heterocycles. The minimum atomic E-state index is 0.760. The van der Waals surface area contributed by atoms with Gasteiger partial charge in [-0.05, 0) is 45.2 Å². The van der Waals surface area contributed by atoms with Crippen molar-refractivity contribution in [2.75, 3.05) is 13.1 Å². The van der Waals surface area contributed by atoms with Crippen molar-refractivity contribution in [1.82, 2.24) is 14.9 Å². The molecular weight excluding hydrogens is 186 g/mol. The molecule has 1 aromatic rings. The summed E-state index contributed by atoms with van der Waals surface area (Å²) in [4.78, 5) is 4.46. The predicted octanol–water partition coefficient (Wildman–Crippen LogP) is 1.68. The maximum absolute atomic E-state index is 4.46. The molecule has 0 saturated carbocycles. The normalized spacial score (nSPS) is 30.5. The number of aryl methyl sites for hydroxylation is 2. The summed E-state index contributed by atoms with van der Waals surface area (Å²) in [5, 5.41) is 3.48. The molecule has 2 aliphatic rings. The number of imidazole rings is 1. The average Bonchev–Trinajstić information content (AvgIpc) is 2.88. The van der Waals surface area contributed by atoms with Gasteiger partial charge < -0.3 is 9.88 Å². The zero-order valence-electron chi connectivity index (χ0n) is 9.37. The molecule has 0 radical (unpaired) electrons. The molecule has 2 atom stereocenters. The fourth-order valence-electron chi connectivity index (χ4n) is 3.25. The Morgan fingerprint density at radius 2 is 2.40 bits per heavy atom. The first-order valence-corrected chi connectivity index (χ1v) is 6.08. The molecular formula is C12H19N3. The van der Waals surface area contributed by atoms with E-state index in [2.05, 4.69) is 21.8 Å². The average molecular weight is 205 g/mol. The largest absolute Gasteiger partial charge is 0.334 e. The lowest BCUT2D eigenvalue weighted by atomic mass is 9.82. The molecule has 82 valence electrons. The summed E-state index contributed by atoms with van der Waals surface area (Å²) in [6, 6.07) is 0. The summed E-state index contributed by atoms with van der Waals surface area (Å²) in [7, 11) is 0. The molecule has 0 aliphatic carbocycles. The number of hydrogen-bond acceptors (Lipinski definition) is 2. The lowest BCUT2D eigenvalue weighted by Gasteiger charge is -2.29. The van der Waals surface area contributed by atoms with Crippen LogP contribution >= 0.6 is 0 Å². The van der Waals surface area contributed by atoms with Crippen molar-refractivity contribution in [1.29, 1.82) is 0 Å². The molecule has 3 heteroatoms. The minimum absolute atomic E-state index is 0.760. The van der Waals surface area contributed by atoms with Crippen LogP contribution in [0.15, 0.2) is 6.33 Å². The lowest BCUT2D eigenvalue weighted by Crippen LogP contribution is -2.23. The zero-order chi connectivity index (χ0) is 10.3. The molecule has 2 unspecified atom stereocenters. The summed E-state index contributed by atoms with van der Waals surface area (Å²) < 4.78 is 2.38. The Kier molecular flexibility index (Phi) is 2.28. The van der Waals surface area contributed by atoms with Crippen LogP contribution in [0.4, 0.5) is 0 Å². The van der Waals surface area contributed by atoms with Gasteiger partial charge in [-0.2, -0.15) is 0 Å². The summed E-state index contributed by atoms with van der Waals surface area (Å²) in [5.41, 5.74) is 2.78. The van der Waals surface area contributed by atoms with Crippen LogP contribution in [0.1, 0.15) is 36.6 Å². The standard InChI is InChI=1S/C12H19N3/c1-9-12-11(10-4-5-13-7-10)3-2-6-15(12)8-14-9/h8,10-11,13H,2-7H2,1H3. The highest BCUT2D eigenvalue weighted by Crippen LogP contribution is 2.37. The van der Waals surface area contributed by atoms with Crippen LogP contribution in [-0.4, -0.2) is 22.6 Å². The van der Waals surface area contributed by atoms with E-state index in [-0.39, 0.29) is 0 Å². The van der Waals surface area contributed by atoms with Gasteiger partial charge in [0.1, 0.15) is 0 Å². The molecule has 0 spiro atoms. The van der Waals surface area contributed by atoms with E-state index in [1.54, 1.807) is 0 Å². The van der Waals surface area contributed by atoms with E-state index in [0.29, 0.717) is 0 Å². The molecule has 2 aliphatic heterocycles. The van der Waals surface area contributed by atoms with Crippen molar-refractivity contribution < 1.29 is 0 Å². The number of aromatic nitrogens is 2. The minimum Gasteiger partial charge on any atom is -0.334 e. The van der Waals surface area contributed by atoms with E-state index < -0.39 is 0 Å². The predicted molar refractivity (Wildman–Crippen MR) is 59.9 cm³/mol. The van der Waals surface area contributed by atoms with E-state index in [9.17, 15) is 0 Å². The van der Waals surface area contributed by atoms with Crippen LogP contribution in [0.2, 0.25) is 0 Å². The molecule has 0 bridgehead atoms. The van der Waals surface area contributed by atoms with Crippen LogP contribution < -0.4 is 5.32 Å². The van der Waals surface area contributed by atoms with Crippen LogP contribution in [0.25, 0.3) is 0 Å². The Balaban J connectivity index is 1.93. The molecule has 1 aromatic heterocycles. The van der Waals surface area contributed by atoms with Gasteiger partial charge in [0.15, 0.2) is 0 Å². The van der Waals surface area contributed by atoms with Crippen LogP contribution in [0.5, 0.6) is 0 Å². The highest BCUT2D eigenvalue weighted by atomic mass is 15.1. The first-order chi connectivity index (χ1) is 7.36. The van der Waals surface area contributed by atoms with Crippen LogP contribution in [0.3, 0.4) is 0 Å². The number of fused-ring (bicyclic) bond motifs is 1. The van der Waals surface area contributed by atoms with Crippen molar-refractivity contribution in [3.05, 3.63) is 17.7 Å². The second kappa shape index (κ2) is 3.63. The molecule has 3 rings (SSSR count). The number of nitrogens with zero attached hydrogens (tertiary/aromatic N) is 2. The van der Waals surface area contributed by atoms with E-state index in [1.165, 1.54) is 50.3 Å². The maximum atomic E-state index is 4.46. The summed E-state index contributed by atoms with van der Waals surface area (Å²) in [5.74, 6) is 1.61. The second-order valence-electron chi connectivity index (χ2n) is 4.91. The molecule has 1 N–H and O–H groups in total. The van der Waals surface area contributed by atoms with Crippen molar-refractivity contribution in [3.63, 3.8) is 0 Å². The molecule has 15 heavy (non-hydrogen) atoms. The highest BCUT2D eigenvalue weighted by Gasteiger charge is 2.31. The Morgan fingerprint density at radius 3 is 3.20 bits per heavy atom. The number of rotatable bonds is 1. The fraction of sp³-hybridized carbons (Fsp3) is 0.750. The first kappa shape index (κ1) is 9.40. The summed E-state index contributed by atoms with van der Waals surface area (Å²) in [6.07, 6.45) is 6.05. The molecule has 3 heterocycles. The van der Waals surface area contributed by atoms with Gasteiger partial charge in [0.25, 0.3) is 0 Å². The maximum Gasteiger partial charge on any atom is 0.0951 e. The Morgan fingerprint density at radius 1 is 1.47 bits per heavy atom. The Hall–Kier alpha value is -0.830. The van der Waals surface area contributed by atoms with E-state index >= 15 is 0 Å². The van der Waals surface area contributed by atoms with E-state index in [0.717, 1.165) is 11.8 Å². The van der Waals surface area contributed by atoms with Crippen molar-refractivity contribution in [3.8, 4) is 0 Å². The van der Waals surface area contributed by atoms with Crippen molar-refractivity contribution >= 4 is 0 Å². The van der Waals surface area contributed by atoms with Crippen LogP contribution in [-0.2, 0) is 6.54 Å². The van der Waals surface area contributed by atoms with Gasteiger partial charge in [-0.15, -0.1) is 0 Å². The number of hydrogen-bond donors (Lipinski definition) is 1. The summed E-state index contributed by atoms with van der Waals surface area (Å²) in [6.45, 7) is 5.74. The van der Waals surface area contributed by atoms with Crippen molar-refractivity contribution in [2.45, 2.75) is 38.6 Å². The second-order valence-corrected chi connectivity index (χ2v) is 4.91. The smallest absolute Gasteiger partial charge is 0.0951 e.